The van der Waals surface area contributed by atoms with E-state index >= 15 is 0 Å². The van der Waals surface area contributed by atoms with Crippen molar-refractivity contribution in [3.63, 3.8) is 0 Å². The largest absolute Gasteiger partial charge is 0.326 e. The van der Waals surface area contributed by atoms with Crippen LogP contribution in [-0.4, -0.2) is 9.97 Å². The van der Waals surface area contributed by atoms with Gasteiger partial charge in [-0.15, -0.1) is 0 Å². The van der Waals surface area contributed by atoms with E-state index in [4.69, 9.17) is 5.73 Å². The molecule has 82 valence electrons. The van der Waals surface area contributed by atoms with Gasteiger partial charge in [-0.1, -0.05) is 6.07 Å². The maximum absolute atomic E-state index is 5.59. The maximum atomic E-state index is 5.59. The van der Waals surface area contributed by atoms with E-state index in [1.807, 2.05) is 24.5 Å². The number of rotatable bonds is 4. The molecular weight excluding hydrogens is 198 g/mol. The SMILES string of the molecule is NCc1ccnc(CCc2cccnc2)c1. The van der Waals surface area contributed by atoms with Crippen molar-refractivity contribution in [3.8, 4) is 0 Å². The third-order valence-electron chi connectivity index (χ3n) is 2.51. The number of nitrogens with zero attached hydrogens (tertiary/aromatic N) is 2. The summed E-state index contributed by atoms with van der Waals surface area (Å²) < 4.78 is 0. The van der Waals surface area contributed by atoms with Gasteiger partial charge in [-0.2, -0.15) is 0 Å². The van der Waals surface area contributed by atoms with Crippen LogP contribution in [0.5, 0.6) is 0 Å². The summed E-state index contributed by atoms with van der Waals surface area (Å²) in [6.07, 6.45) is 7.40. The van der Waals surface area contributed by atoms with Crippen molar-refractivity contribution in [2.24, 2.45) is 5.73 Å². The molecule has 0 saturated heterocycles. The zero-order chi connectivity index (χ0) is 11.2. The minimum absolute atomic E-state index is 0.572. The molecule has 2 heterocycles. The van der Waals surface area contributed by atoms with Crippen molar-refractivity contribution in [2.45, 2.75) is 19.4 Å². The van der Waals surface area contributed by atoms with E-state index in [1.54, 1.807) is 6.20 Å². The van der Waals surface area contributed by atoms with E-state index in [-0.39, 0.29) is 0 Å². The van der Waals surface area contributed by atoms with Crippen LogP contribution in [0.4, 0.5) is 0 Å². The second-order valence-electron chi connectivity index (χ2n) is 3.72. The Morgan fingerprint density at radius 2 is 2.00 bits per heavy atom. The zero-order valence-corrected chi connectivity index (χ0v) is 9.13. The second kappa shape index (κ2) is 5.37. The van der Waals surface area contributed by atoms with E-state index < -0.39 is 0 Å². The highest BCUT2D eigenvalue weighted by atomic mass is 14.7. The molecule has 0 aliphatic rings. The van der Waals surface area contributed by atoms with E-state index in [0.717, 1.165) is 24.1 Å². The van der Waals surface area contributed by atoms with Gasteiger partial charge in [-0.3, -0.25) is 9.97 Å². The first-order valence-electron chi connectivity index (χ1n) is 5.41. The molecule has 0 aromatic carbocycles. The third-order valence-corrected chi connectivity index (χ3v) is 2.51. The predicted molar refractivity (Wildman–Crippen MR) is 63.8 cm³/mol. The van der Waals surface area contributed by atoms with Crippen LogP contribution in [0.25, 0.3) is 0 Å². The summed E-state index contributed by atoms with van der Waals surface area (Å²) in [6.45, 7) is 0.572. The lowest BCUT2D eigenvalue weighted by Gasteiger charge is -2.02. The average Bonchev–Trinajstić information content (AvgIpc) is 2.38. The molecule has 0 aliphatic heterocycles. The van der Waals surface area contributed by atoms with Gasteiger partial charge in [0.05, 0.1) is 0 Å². The first-order chi connectivity index (χ1) is 7.88. The van der Waals surface area contributed by atoms with Gasteiger partial charge in [-0.25, -0.2) is 0 Å². The minimum Gasteiger partial charge on any atom is -0.326 e. The molecule has 0 amide bonds. The van der Waals surface area contributed by atoms with Gasteiger partial charge in [0.25, 0.3) is 0 Å². The topological polar surface area (TPSA) is 51.8 Å². The summed E-state index contributed by atoms with van der Waals surface area (Å²) in [5.74, 6) is 0. The Morgan fingerprint density at radius 3 is 2.75 bits per heavy atom. The smallest absolute Gasteiger partial charge is 0.0410 e. The molecule has 3 nitrogen and oxygen atoms in total. The van der Waals surface area contributed by atoms with Gasteiger partial charge in [0, 0.05) is 30.8 Å². The summed E-state index contributed by atoms with van der Waals surface area (Å²) in [5.41, 5.74) is 9.05. The van der Waals surface area contributed by atoms with Gasteiger partial charge in [0.2, 0.25) is 0 Å². The van der Waals surface area contributed by atoms with E-state index in [9.17, 15) is 0 Å². The molecule has 0 fully saturated rings. The number of hydrogen-bond acceptors (Lipinski definition) is 3. The lowest BCUT2D eigenvalue weighted by atomic mass is 10.1. The van der Waals surface area contributed by atoms with Gasteiger partial charge in [0.15, 0.2) is 0 Å². The molecule has 0 unspecified atom stereocenters. The highest BCUT2D eigenvalue weighted by Gasteiger charge is 1.98. The van der Waals surface area contributed by atoms with Gasteiger partial charge in [-0.05, 0) is 42.2 Å². The molecule has 2 N–H and O–H groups in total. The first kappa shape index (κ1) is 10.8. The van der Waals surface area contributed by atoms with E-state index in [1.165, 1.54) is 5.56 Å². The summed E-state index contributed by atoms with van der Waals surface area (Å²) in [7, 11) is 0. The summed E-state index contributed by atoms with van der Waals surface area (Å²) in [4.78, 5) is 8.42. The van der Waals surface area contributed by atoms with Gasteiger partial charge < -0.3 is 5.73 Å². The zero-order valence-electron chi connectivity index (χ0n) is 9.13. The predicted octanol–water partition coefficient (Wildman–Crippen LogP) is 1.72. The van der Waals surface area contributed by atoms with Crippen molar-refractivity contribution in [3.05, 3.63) is 59.7 Å². The van der Waals surface area contributed by atoms with Crippen LogP contribution in [0.2, 0.25) is 0 Å². The minimum atomic E-state index is 0.572. The molecule has 0 saturated carbocycles. The van der Waals surface area contributed by atoms with Crippen LogP contribution >= 0.6 is 0 Å². The molecule has 2 aromatic heterocycles. The monoisotopic (exact) mass is 213 g/mol. The van der Waals surface area contributed by atoms with Crippen molar-refractivity contribution < 1.29 is 0 Å². The van der Waals surface area contributed by atoms with Crippen LogP contribution < -0.4 is 5.73 Å². The number of aryl methyl sites for hydroxylation is 2. The van der Waals surface area contributed by atoms with Crippen LogP contribution in [-0.2, 0) is 19.4 Å². The second-order valence-corrected chi connectivity index (χ2v) is 3.72. The molecular formula is C13H15N3. The van der Waals surface area contributed by atoms with Crippen LogP contribution in [0.15, 0.2) is 42.9 Å². The Balaban J connectivity index is 1.99. The normalized spacial score (nSPS) is 10.3. The molecule has 0 spiro atoms. The lowest BCUT2D eigenvalue weighted by molar-refractivity contribution is 0.897. The Labute approximate surface area is 95.4 Å². The van der Waals surface area contributed by atoms with Crippen molar-refractivity contribution in [1.29, 1.82) is 0 Å². The fraction of sp³-hybridized carbons (Fsp3) is 0.231. The highest BCUT2D eigenvalue weighted by Crippen LogP contribution is 2.06. The van der Waals surface area contributed by atoms with Crippen LogP contribution in [0, 0.1) is 0 Å². The lowest BCUT2D eigenvalue weighted by Crippen LogP contribution is -2.00. The summed E-state index contributed by atoms with van der Waals surface area (Å²) in [6, 6.07) is 8.06. The molecule has 0 aliphatic carbocycles. The average molecular weight is 213 g/mol. The Hall–Kier alpha value is -1.74. The molecule has 2 aromatic rings. The quantitative estimate of drug-likeness (QED) is 0.841. The maximum Gasteiger partial charge on any atom is 0.0410 e. The molecule has 0 atom stereocenters. The Kier molecular flexibility index (Phi) is 3.62. The Bertz CT molecular complexity index is 440. The van der Waals surface area contributed by atoms with E-state index in [0.29, 0.717) is 6.54 Å². The van der Waals surface area contributed by atoms with Crippen LogP contribution in [0.1, 0.15) is 16.8 Å². The van der Waals surface area contributed by atoms with Crippen molar-refractivity contribution >= 4 is 0 Å². The molecule has 16 heavy (non-hydrogen) atoms. The van der Waals surface area contributed by atoms with Crippen molar-refractivity contribution in [1.82, 2.24) is 9.97 Å². The third kappa shape index (κ3) is 2.87. The molecule has 0 radical (unpaired) electrons. The van der Waals surface area contributed by atoms with Crippen LogP contribution in [0.3, 0.4) is 0 Å². The summed E-state index contributed by atoms with van der Waals surface area (Å²) >= 11 is 0. The van der Waals surface area contributed by atoms with Crippen molar-refractivity contribution in [2.75, 3.05) is 0 Å². The molecule has 2 rings (SSSR count). The molecule has 3 heteroatoms. The number of nitrogens with two attached hydrogens (primary N) is 1. The van der Waals surface area contributed by atoms with Gasteiger partial charge in [0.1, 0.15) is 0 Å². The fourth-order valence-electron chi connectivity index (χ4n) is 1.61. The Morgan fingerprint density at radius 1 is 1.06 bits per heavy atom. The standard InChI is InChI=1S/C13H15N3/c14-9-12-5-7-16-13(8-12)4-3-11-2-1-6-15-10-11/h1-2,5-8,10H,3-4,9,14H2. The number of pyridine rings is 2. The first-order valence-corrected chi connectivity index (χ1v) is 5.41. The van der Waals surface area contributed by atoms with Gasteiger partial charge >= 0.3 is 0 Å². The molecule has 0 bridgehead atoms. The number of hydrogen-bond donors (Lipinski definition) is 1. The fourth-order valence-corrected chi connectivity index (χ4v) is 1.61. The summed E-state index contributed by atoms with van der Waals surface area (Å²) in [5, 5.41) is 0. The van der Waals surface area contributed by atoms with E-state index in [2.05, 4.69) is 22.1 Å². The number of aromatic nitrogens is 2. The highest BCUT2D eigenvalue weighted by molar-refractivity contribution is 5.18.